The lowest BCUT2D eigenvalue weighted by Gasteiger charge is -2.16. The fraction of sp³-hybridized carbons (Fsp3) is 0.308. The van der Waals surface area contributed by atoms with Gasteiger partial charge in [0.2, 0.25) is 0 Å². The van der Waals surface area contributed by atoms with E-state index >= 15 is 0 Å². The number of hydrogen-bond acceptors (Lipinski definition) is 2. The van der Waals surface area contributed by atoms with Crippen LogP contribution < -0.4 is 4.74 Å². The maximum atomic E-state index is 10.8. The highest BCUT2D eigenvalue weighted by Crippen LogP contribution is 2.31. The molecule has 0 radical (unpaired) electrons. The van der Waals surface area contributed by atoms with E-state index in [1.54, 1.807) is 13.2 Å². The highest BCUT2D eigenvalue weighted by Gasteiger charge is 2.17. The molecular formula is C13H16O3. The molecule has 1 rings (SSSR count). The van der Waals surface area contributed by atoms with Crippen molar-refractivity contribution in [3.8, 4) is 5.75 Å². The quantitative estimate of drug-likeness (QED) is 0.750. The zero-order valence-corrected chi connectivity index (χ0v) is 9.35. The highest BCUT2D eigenvalue weighted by atomic mass is 16.5. The molecule has 1 aromatic carbocycles. The van der Waals surface area contributed by atoms with Gasteiger partial charge in [-0.1, -0.05) is 24.3 Å². The van der Waals surface area contributed by atoms with Crippen molar-refractivity contribution >= 4 is 5.97 Å². The minimum atomic E-state index is -0.808. The van der Waals surface area contributed by atoms with Crippen molar-refractivity contribution < 1.29 is 14.6 Å². The van der Waals surface area contributed by atoms with Crippen LogP contribution in [0, 0.1) is 0 Å². The summed E-state index contributed by atoms with van der Waals surface area (Å²) in [6.45, 7) is 3.66. The van der Waals surface area contributed by atoms with Gasteiger partial charge < -0.3 is 9.84 Å². The number of carboxylic acid groups (broad SMARTS) is 1. The topological polar surface area (TPSA) is 46.5 Å². The molecule has 0 aromatic heterocycles. The summed E-state index contributed by atoms with van der Waals surface area (Å²) in [5.74, 6) is -0.153. The van der Waals surface area contributed by atoms with Crippen LogP contribution in [0.1, 0.15) is 24.3 Å². The normalized spacial score (nSPS) is 11.8. The minimum Gasteiger partial charge on any atom is -0.496 e. The molecule has 0 spiro atoms. The van der Waals surface area contributed by atoms with Gasteiger partial charge >= 0.3 is 5.97 Å². The van der Waals surface area contributed by atoms with E-state index in [1.807, 2.05) is 24.3 Å². The summed E-state index contributed by atoms with van der Waals surface area (Å²) in [6, 6.07) is 7.49. The van der Waals surface area contributed by atoms with Crippen LogP contribution in [0.3, 0.4) is 0 Å². The predicted octanol–water partition coefficient (Wildman–Crippen LogP) is 2.83. The van der Waals surface area contributed by atoms with Crippen molar-refractivity contribution in [3.63, 3.8) is 0 Å². The molecule has 0 bridgehead atoms. The molecule has 0 saturated carbocycles. The molecule has 0 saturated heterocycles. The molecule has 0 unspecified atom stereocenters. The predicted molar refractivity (Wildman–Crippen MR) is 62.8 cm³/mol. The number of rotatable bonds is 6. The van der Waals surface area contributed by atoms with Crippen molar-refractivity contribution in [2.45, 2.75) is 18.8 Å². The van der Waals surface area contributed by atoms with Gasteiger partial charge in [0, 0.05) is 5.92 Å². The molecule has 0 aliphatic carbocycles. The van der Waals surface area contributed by atoms with Gasteiger partial charge in [-0.25, -0.2) is 0 Å². The van der Waals surface area contributed by atoms with Gasteiger partial charge in [-0.05, 0) is 18.1 Å². The van der Waals surface area contributed by atoms with Gasteiger partial charge in [-0.3, -0.25) is 4.79 Å². The van der Waals surface area contributed by atoms with Gasteiger partial charge in [-0.2, -0.15) is 0 Å². The summed E-state index contributed by atoms with van der Waals surface area (Å²) in [7, 11) is 1.59. The highest BCUT2D eigenvalue weighted by molar-refractivity contribution is 5.68. The maximum Gasteiger partial charge on any atom is 0.303 e. The second-order valence-corrected chi connectivity index (χ2v) is 3.56. The molecular weight excluding hydrogens is 204 g/mol. The van der Waals surface area contributed by atoms with E-state index < -0.39 is 5.97 Å². The van der Waals surface area contributed by atoms with Gasteiger partial charge in [0.25, 0.3) is 0 Å². The average molecular weight is 220 g/mol. The molecule has 16 heavy (non-hydrogen) atoms. The number of hydrogen-bond donors (Lipinski definition) is 1. The lowest BCUT2D eigenvalue weighted by atomic mass is 9.92. The molecule has 86 valence electrons. The number of carbonyl (C=O) groups is 1. The van der Waals surface area contributed by atoms with Gasteiger partial charge in [-0.15, -0.1) is 6.58 Å². The third kappa shape index (κ3) is 3.12. The van der Waals surface area contributed by atoms with Crippen molar-refractivity contribution in [2.75, 3.05) is 7.11 Å². The van der Waals surface area contributed by atoms with Crippen LogP contribution in [0.4, 0.5) is 0 Å². The summed E-state index contributed by atoms with van der Waals surface area (Å²) < 4.78 is 5.23. The van der Waals surface area contributed by atoms with Crippen LogP contribution >= 0.6 is 0 Å². The van der Waals surface area contributed by atoms with Gasteiger partial charge in [0.05, 0.1) is 13.5 Å². The summed E-state index contributed by atoms with van der Waals surface area (Å²) in [5, 5.41) is 8.86. The zero-order valence-electron chi connectivity index (χ0n) is 9.35. The fourth-order valence-electron chi connectivity index (χ4n) is 1.74. The third-order valence-electron chi connectivity index (χ3n) is 2.45. The standard InChI is InChI=1S/C13H16O3/c1-3-6-10(9-13(14)15)11-7-4-5-8-12(11)16-2/h3-5,7-8,10H,1,6,9H2,2H3,(H,14,15)/t10-/m1/s1. The van der Waals surface area contributed by atoms with E-state index in [1.165, 1.54) is 0 Å². The molecule has 0 fully saturated rings. The minimum absolute atomic E-state index is 0.0776. The number of allylic oxidation sites excluding steroid dienone is 1. The Bertz CT molecular complexity index is 371. The number of benzene rings is 1. The molecule has 0 amide bonds. The van der Waals surface area contributed by atoms with E-state index in [2.05, 4.69) is 6.58 Å². The SMILES string of the molecule is C=CC[C@H](CC(=O)O)c1ccccc1OC. The van der Waals surface area contributed by atoms with Gasteiger partial charge in [0.1, 0.15) is 5.75 Å². The van der Waals surface area contributed by atoms with Crippen LogP contribution in [0.15, 0.2) is 36.9 Å². The lowest BCUT2D eigenvalue weighted by molar-refractivity contribution is -0.137. The Morgan fingerprint density at radius 2 is 2.25 bits per heavy atom. The number of carboxylic acids is 1. The van der Waals surface area contributed by atoms with Crippen molar-refractivity contribution in [3.05, 3.63) is 42.5 Å². The second-order valence-electron chi connectivity index (χ2n) is 3.56. The molecule has 0 aliphatic rings. The summed E-state index contributed by atoms with van der Waals surface area (Å²) in [4.78, 5) is 10.8. The van der Waals surface area contributed by atoms with E-state index in [-0.39, 0.29) is 12.3 Å². The molecule has 1 atom stereocenters. The van der Waals surface area contributed by atoms with Crippen molar-refractivity contribution in [1.29, 1.82) is 0 Å². The molecule has 0 aliphatic heterocycles. The Morgan fingerprint density at radius 1 is 1.56 bits per heavy atom. The molecule has 3 heteroatoms. The largest absolute Gasteiger partial charge is 0.496 e. The Balaban J connectivity index is 2.99. The molecule has 1 aromatic rings. The Kier molecular flexibility index (Phi) is 4.58. The summed E-state index contributed by atoms with van der Waals surface area (Å²) in [6.07, 6.45) is 2.46. The first-order valence-corrected chi connectivity index (χ1v) is 5.14. The maximum absolute atomic E-state index is 10.8. The first-order valence-electron chi connectivity index (χ1n) is 5.14. The van der Waals surface area contributed by atoms with Crippen LogP contribution in [0.5, 0.6) is 5.75 Å². The number of aliphatic carboxylic acids is 1. The van der Waals surface area contributed by atoms with Crippen LogP contribution in [-0.2, 0) is 4.79 Å². The second kappa shape index (κ2) is 5.95. The van der Waals surface area contributed by atoms with E-state index in [0.29, 0.717) is 6.42 Å². The van der Waals surface area contributed by atoms with Crippen LogP contribution in [0.2, 0.25) is 0 Å². The van der Waals surface area contributed by atoms with Crippen molar-refractivity contribution in [1.82, 2.24) is 0 Å². The van der Waals surface area contributed by atoms with E-state index in [4.69, 9.17) is 9.84 Å². The van der Waals surface area contributed by atoms with E-state index in [0.717, 1.165) is 11.3 Å². The van der Waals surface area contributed by atoms with Crippen LogP contribution in [-0.4, -0.2) is 18.2 Å². The zero-order chi connectivity index (χ0) is 12.0. The monoisotopic (exact) mass is 220 g/mol. The smallest absolute Gasteiger partial charge is 0.303 e. The molecule has 3 nitrogen and oxygen atoms in total. The number of methoxy groups -OCH3 is 1. The lowest BCUT2D eigenvalue weighted by Crippen LogP contribution is -2.07. The van der Waals surface area contributed by atoms with Crippen molar-refractivity contribution in [2.24, 2.45) is 0 Å². The Hall–Kier alpha value is -1.77. The third-order valence-corrected chi connectivity index (χ3v) is 2.45. The summed E-state index contributed by atoms with van der Waals surface area (Å²) in [5.41, 5.74) is 0.923. The van der Waals surface area contributed by atoms with Gasteiger partial charge in [0.15, 0.2) is 0 Å². The molecule has 0 heterocycles. The first kappa shape index (κ1) is 12.3. The Labute approximate surface area is 95.4 Å². The van der Waals surface area contributed by atoms with E-state index in [9.17, 15) is 4.79 Å². The Morgan fingerprint density at radius 3 is 2.81 bits per heavy atom. The summed E-state index contributed by atoms with van der Waals surface area (Å²) >= 11 is 0. The number of ether oxygens (including phenoxy) is 1. The molecule has 1 N–H and O–H groups in total. The first-order chi connectivity index (χ1) is 7.69. The fourth-order valence-corrected chi connectivity index (χ4v) is 1.74. The van der Waals surface area contributed by atoms with Crippen LogP contribution in [0.25, 0.3) is 0 Å². The number of para-hydroxylation sites is 1. The average Bonchev–Trinajstić information content (AvgIpc) is 2.28.